The standard InChI is InChI=1S/C9H16/c1-5-8(4)9(6-2)7-3/h6H,2,5,7H2,1,3-4H3. The van der Waals surface area contributed by atoms with Crippen LogP contribution in [0.4, 0.5) is 0 Å². The first kappa shape index (κ1) is 8.48. The van der Waals surface area contributed by atoms with Crippen molar-refractivity contribution in [2.75, 3.05) is 0 Å². The quantitative estimate of drug-likeness (QED) is 0.506. The van der Waals surface area contributed by atoms with Gasteiger partial charge in [-0.3, -0.25) is 0 Å². The van der Waals surface area contributed by atoms with E-state index in [1.165, 1.54) is 11.1 Å². The second-order valence-electron chi connectivity index (χ2n) is 2.22. The van der Waals surface area contributed by atoms with E-state index in [4.69, 9.17) is 0 Å². The predicted octanol–water partition coefficient (Wildman–Crippen LogP) is 3.31. The normalized spacial score (nSPS) is 12.8. The van der Waals surface area contributed by atoms with Crippen molar-refractivity contribution >= 4 is 0 Å². The van der Waals surface area contributed by atoms with Gasteiger partial charge in [0.2, 0.25) is 0 Å². The van der Waals surface area contributed by atoms with Crippen molar-refractivity contribution < 1.29 is 0 Å². The molecule has 0 spiro atoms. The van der Waals surface area contributed by atoms with Crippen LogP contribution in [0.2, 0.25) is 0 Å². The van der Waals surface area contributed by atoms with Crippen molar-refractivity contribution in [3.05, 3.63) is 23.8 Å². The van der Waals surface area contributed by atoms with Crippen LogP contribution in [0.15, 0.2) is 23.8 Å². The fraction of sp³-hybridized carbons (Fsp3) is 0.556. The van der Waals surface area contributed by atoms with Gasteiger partial charge in [-0.2, -0.15) is 0 Å². The van der Waals surface area contributed by atoms with Gasteiger partial charge in [-0.05, 0) is 25.3 Å². The Labute approximate surface area is 58.3 Å². The summed E-state index contributed by atoms with van der Waals surface area (Å²) in [4.78, 5) is 0. The molecule has 0 aromatic heterocycles. The molecule has 0 saturated carbocycles. The number of hydrogen-bond donors (Lipinski definition) is 0. The third-order valence-corrected chi connectivity index (χ3v) is 1.71. The highest BCUT2D eigenvalue weighted by molar-refractivity contribution is 5.21. The lowest BCUT2D eigenvalue weighted by Crippen LogP contribution is -1.80. The lowest BCUT2D eigenvalue weighted by Gasteiger charge is -2.00. The van der Waals surface area contributed by atoms with E-state index < -0.39 is 0 Å². The van der Waals surface area contributed by atoms with Crippen LogP contribution in [0, 0.1) is 0 Å². The van der Waals surface area contributed by atoms with E-state index in [0.717, 1.165) is 12.8 Å². The average Bonchev–Trinajstić information content (AvgIpc) is 1.90. The maximum absolute atomic E-state index is 3.74. The Kier molecular flexibility index (Phi) is 4.12. The Morgan fingerprint density at radius 1 is 1.33 bits per heavy atom. The number of rotatable bonds is 3. The molecule has 0 radical (unpaired) electrons. The number of allylic oxidation sites excluding steroid dienone is 3. The zero-order chi connectivity index (χ0) is 7.28. The minimum absolute atomic E-state index is 1.11. The van der Waals surface area contributed by atoms with Crippen molar-refractivity contribution in [1.82, 2.24) is 0 Å². The largest absolute Gasteiger partial charge is 0.0988 e. The summed E-state index contributed by atoms with van der Waals surface area (Å²) in [6.45, 7) is 10.2. The minimum atomic E-state index is 1.11. The van der Waals surface area contributed by atoms with Crippen LogP contribution in [-0.4, -0.2) is 0 Å². The van der Waals surface area contributed by atoms with Crippen LogP contribution >= 0.6 is 0 Å². The molecule has 0 aliphatic heterocycles. The topological polar surface area (TPSA) is 0 Å². The highest BCUT2D eigenvalue weighted by atomic mass is 14.0. The Morgan fingerprint density at radius 2 is 1.89 bits per heavy atom. The average molecular weight is 124 g/mol. The van der Waals surface area contributed by atoms with Crippen LogP contribution in [0.5, 0.6) is 0 Å². The van der Waals surface area contributed by atoms with Crippen LogP contribution in [-0.2, 0) is 0 Å². The molecule has 0 aliphatic rings. The van der Waals surface area contributed by atoms with Crippen molar-refractivity contribution in [3.8, 4) is 0 Å². The van der Waals surface area contributed by atoms with Crippen molar-refractivity contribution in [3.63, 3.8) is 0 Å². The lowest BCUT2D eigenvalue weighted by molar-refractivity contribution is 1.02. The highest BCUT2D eigenvalue weighted by Gasteiger charge is 1.90. The number of hydrogen-bond acceptors (Lipinski definition) is 0. The summed E-state index contributed by atoms with van der Waals surface area (Å²) in [5.74, 6) is 0. The molecule has 0 amide bonds. The first-order chi connectivity index (χ1) is 4.26. The van der Waals surface area contributed by atoms with Gasteiger partial charge < -0.3 is 0 Å². The maximum atomic E-state index is 3.74. The molecule has 0 bridgehead atoms. The van der Waals surface area contributed by atoms with Crippen molar-refractivity contribution in [2.24, 2.45) is 0 Å². The molecule has 9 heavy (non-hydrogen) atoms. The molecular formula is C9H16. The highest BCUT2D eigenvalue weighted by Crippen LogP contribution is 2.11. The molecule has 52 valence electrons. The minimum Gasteiger partial charge on any atom is -0.0988 e. The summed E-state index contributed by atoms with van der Waals surface area (Å²) in [5, 5.41) is 0. The van der Waals surface area contributed by atoms with E-state index in [9.17, 15) is 0 Å². The summed E-state index contributed by atoms with van der Waals surface area (Å²) in [6.07, 6.45) is 4.22. The molecule has 0 unspecified atom stereocenters. The molecule has 0 aromatic carbocycles. The second kappa shape index (κ2) is 4.37. The van der Waals surface area contributed by atoms with Gasteiger partial charge in [-0.25, -0.2) is 0 Å². The summed E-state index contributed by atoms with van der Waals surface area (Å²) >= 11 is 0. The molecule has 0 heteroatoms. The fourth-order valence-corrected chi connectivity index (χ4v) is 0.847. The molecular weight excluding hydrogens is 108 g/mol. The second-order valence-corrected chi connectivity index (χ2v) is 2.22. The monoisotopic (exact) mass is 124 g/mol. The molecule has 0 nitrogen and oxygen atoms in total. The molecule has 0 heterocycles. The molecule has 0 fully saturated rings. The third-order valence-electron chi connectivity index (χ3n) is 1.71. The van der Waals surface area contributed by atoms with Gasteiger partial charge in [0, 0.05) is 0 Å². The van der Waals surface area contributed by atoms with E-state index in [1.54, 1.807) is 0 Å². The Balaban J connectivity index is 4.18. The van der Waals surface area contributed by atoms with E-state index in [-0.39, 0.29) is 0 Å². The molecule has 0 aromatic rings. The van der Waals surface area contributed by atoms with Gasteiger partial charge in [-0.1, -0.05) is 32.1 Å². The van der Waals surface area contributed by atoms with E-state index in [2.05, 4.69) is 27.4 Å². The van der Waals surface area contributed by atoms with Crippen LogP contribution in [0.3, 0.4) is 0 Å². The molecule has 0 N–H and O–H groups in total. The van der Waals surface area contributed by atoms with Crippen LogP contribution in [0.25, 0.3) is 0 Å². The first-order valence-corrected chi connectivity index (χ1v) is 3.57. The van der Waals surface area contributed by atoms with Gasteiger partial charge in [0.25, 0.3) is 0 Å². The summed E-state index contributed by atoms with van der Waals surface area (Å²) < 4.78 is 0. The molecule has 0 aliphatic carbocycles. The SMILES string of the molecule is C=CC(CC)=C(C)CC. The Morgan fingerprint density at radius 3 is 2.00 bits per heavy atom. The van der Waals surface area contributed by atoms with Gasteiger partial charge in [0.1, 0.15) is 0 Å². The van der Waals surface area contributed by atoms with Gasteiger partial charge in [-0.15, -0.1) is 0 Å². The molecule has 0 saturated heterocycles. The Bertz CT molecular complexity index is 118. The van der Waals surface area contributed by atoms with Crippen molar-refractivity contribution in [1.29, 1.82) is 0 Å². The first-order valence-electron chi connectivity index (χ1n) is 3.57. The van der Waals surface area contributed by atoms with E-state index >= 15 is 0 Å². The van der Waals surface area contributed by atoms with Gasteiger partial charge in [0.05, 0.1) is 0 Å². The summed E-state index contributed by atoms with van der Waals surface area (Å²) in [7, 11) is 0. The van der Waals surface area contributed by atoms with Crippen LogP contribution < -0.4 is 0 Å². The lowest BCUT2D eigenvalue weighted by atomic mass is 10.1. The smallest absolute Gasteiger partial charge is 0.0308 e. The van der Waals surface area contributed by atoms with Gasteiger partial charge in [0.15, 0.2) is 0 Å². The zero-order valence-electron chi connectivity index (χ0n) is 6.70. The molecule has 0 atom stereocenters. The van der Waals surface area contributed by atoms with Crippen LogP contribution in [0.1, 0.15) is 33.6 Å². The summed E-state index contributed by atoms with van der Waals surface area (Å²) in [6, 6.07) is 0. The van der Waals surface area contributed by atoms with E-state index in [1.807, 2.05) is 6.08 Å². The van der Waals surface area contributed by atoms with Gasteiger partial charge >= 0.3 is 0 Å². The molecule has 0 rings (SSSR count). The van der Waals surface area contributed by atoms with E-state index in [0.29, 0.717) is 0 Å². The predicted molar refractivity (Wildman–Crippen MR) is 43.5 cm³/mol. The summed E-state index contributed by atoms with van der Waals surface area (Å²) in [5.41, 5.74) is 2.87. The zero-order valence-corrected chi connectivity index (χ0v) is 6.70. The maximum Gasteiger partial charge on any atom is -0.0308 e. The third kappa shape index (κ3) is 2.50. The fourth-order valence-electron chi connectivity index (χ4n) is 0.847. The Hall–Kier alpha value is -0.520. The van der Waals surface area contributed by atoms with Crippen molar-refractivity contribution in [2.45, 2.75) is 33.6 Å².